The molecule has 1 aromatic heterocycles. The van der Waals surface area contributed by atoms with Crippen LogP contribution in [0.3, 0.4) is 0 Å². The van der Waals surface area contributed by atoms with Gasteiger partial charge in [-0.25, -0.2) is 0 Å². The Labute approximate surface area is 195 Å². The van der Waals surface area contributed by atoms with Crippen molar-refractivity contribution in [3.05, 3.63) is 59.4 Å². The van der Waals surface area contributed by atoms with Crippen LogP contribution in [0.25, 0.3) is 5.69 Å². The molecule has 0 unspecified atom stereocenters. The van der Waals surface area contributed by atoms with Crippen LogP contribution >= 0.6 is 24.8 Å². The van der Waals surface area contributed by atoms with Crippen molar-refractivity contribution in [3.8, 4) is 17.2 Å². The Morgan fingerprint density at radius 1 is 1.03 bits per heavy atom. The van der Waals surface area contributed by atoms with Gasteiger partial charge in [0.2, 0.25) is 0 Å². The maximum absolute atomic E-state index is 5.95. The molecule has 0 amide bonds. The smallest absolute Gasteiger partial charge is 0.194 e. The second-order valence-corrected chi connectivity index (χ2v) is 7.10. The number of aryl methyl sites for hydroxylation is 1. The van der Waals surface area contributed by atoms with Crippen molar-refractivity contribution in [2.45, 2.75) is 20.1 Å². The van der Waals surface area contributed by atoms with Crippen LogP contribution in [-0.4, -0.2) is 59.4 Å². The molecule has 0 spiro atoms. The van der Waals surface area contributed by atoms with Crippen LogP contribution in [0.15, 0.2) is 42.5 Å². The summed E-state index contributed by atoms with van der Waals surface area (Å²) in [5.41, 5.74) is 3.21. The van der Waals surface area contributed by atoms with Crippen LogP contribution in [0.4, 0.5) is 0 Å². The van der Waals surface area contributed by atoms with E-state index in [1.54, 1.807) is 11.8 Å². The zero-order chi connectivity index (χ0) is 20.6. The number of ether oxygens (including phenoxy) is 2. The lowest BCUT2D eigenvalue weighted by molar-refractivity contribution is 0.273. The van der Waals surface area contributed by atoms with E-state index in [2.05, 4.69) is 39.8 Å². The van der Waals surface area contributed by atoms with Crippen LogP contribution in [0.5, 0.6) is 11.5 Å². The Morgan fingerprint density at radius 3 is 2.45 bits per heavy atom. The monoisotopic (exact) mass is 468 g/mol. The maximum atomic E-state index is 5.95. The van der Waals surface area contributed by atoms with Gasteiger partial charge in [-0.15, -0.1) is 29.9 Å². The number of methoxy groups -OCH3 is 1. The van der Waals surface area contributed by atoms with Crippen molar-refractivity contribution >= 4 is 24.8 Å². The molecule has 0 saturated heterocycles. The molecule has 3 rings (SSSR count). The number of tetrazole rings is 1. The third-order valence-electron chi connectivity index (χ3n) is 4.46. The molecule has 0 atom stereocenters. The maximum Gasteiger partial charge on any atom is 0.194 e. The van der Waals surface area contributed by atoms with Crippen LogP contribution < -0.4 is 14.8 Å². The lowest BCUT2D eigenvalue weighted by Gasteiger charge is -2.13. The molecule has 0 radical (unpaired) electrons. The van der Waals surface area contributed by atoms with Gasteiger partial charge in [0.15, 0.2) is 23.9 Å². The molecule has 1 N–H and O–H groups in total. The Kier molecular flexibility index (Phi) is 11.3. The van der Waals surface area contributed by atoms with E-state index in [0.717, 1.165) is 30.9 Å². The molecule has 31 heavy (non-hydrogen) atoms. The number of benzene rings is 2. The molecule has 2 aromatic carbocycles. The largest absolute Gasteiger partial charge is 0.493 e. The summed E-state index contributed by atoms with van der Waals surface area (Å²) in [7, 11) is 5.76. The van der Waals surface area contributed by atoms with Gasteiger partial charge in [0, 0.05) is 19.6 Å². The molecule has 0 saturated carbocycles. The third-order valence-corrected chi connectivity index (χ3v) is 4.46. The quantitative estimate of drug-likeness (QED) is 0.458. The van der Waals surface area contributed by atoms with Crippen molar-refractivity contribution in [1.29, 1.82) is 0 Å². The predicted molar refractivity (Wildman–Crippen MR) is 126 cm³/mol. The van der Waals surface area contributed by atoms with E-state index < -0.39 is 0 Å². The number of aromatic nitrogens is 4. The first kappa shape index (κ1) is 26.6. The average molecular weight is 469 g/mol. The third kappa shape index (κ3) is 7.66. The highest BCUT2D eigenvalue weighted by atomic mass is 35.5. The van der Waals surface area contributed by atoms with E-state index in [9.17, 15) is 0 Å². The summed E-state index contributed by atoms with van der Waals surface area (Å²) in [5.74, 6) is 1.96. The fourth-order valence-corrected chi connectivity index (χ4v) is 2.80. The van der Waals surface area contributed by atoms with Gasteiger partial charge in [0.25, 0.3) is 0 Å². The second kappa shape index (κ2) is 13.1. The van der Waals surface area contributed by atoms with Gasteiger partial charge in [-0.3, -0.25) is 0 Å². The zero-order valence-electron chi connectivity index (χ0n) is 18.2. The minimum atomic E-state index is 0. The first-order valence-electron chi connectivity index (χ1n) is 9.56. The molecule has 0 aliphatic carbocycles. The molecule has 8 nitrogen and oxygen atoms in total. The molecule has 3 aromatic rings. The van der Waals surface area contributed by atoms with Gasteiger partial charge in [-0.1, -0.05) is 23.8 Å². The zero-order valence-corrected chi connectivity index (χ0v) is 19.9. The average Bonchev–Trinajstić information content (AvgIpc) is 3.19. The molecule has 10 heteroatoms. The van der Waals surface area contributed by atoms with Gasteiger partial charge in [-0.05, 0) is 61.3 Å². The number of nitrogens with zero attached hydrogens (tertiary/aromatic N) is 5. The molecule has 1 heterocycles. The molecular weight excluding hydrogens is 439 g/mol. The molecular formula is C21H30Cl2N6O2. The van der Waals surface area contributed by atoms with Crippen LogP contribution in [0.2, 0.25) is 0 Å². The molecule has 0 bridgehead atoms. The van der Waals surface area contributed by atoms with E-state index in [1.807, 2.05) is 49.4 Å². The van der Waals surface area contributed by atoms with E-state index in [0.29, 0.717) is 17.3 Å². The predicted octanol–water partition coefficient (Wildman–Crippen LogP) is 3.05. The van der Waals surface area contributed by atoms with Crippen molar-refractivity contribution < 1.29 is 9.47 Å². The number of hydrogen-bond donors (Lipinski definition) is 1. The Bertz CT molecular complexity index is 918. The highest BCUT2D eigenvalue weighted by Gasteiger charge is 2.12. The minimum absolute atomic E-state index is 0. The van der Waals surface area contributed by atoms with E-state index in [4.69, 9.17) is 9.47 Å². The lowest BCUT2D eigenvalue weighted by atomic mass is 10.2. The number of hydrogen-bond acceptors (Lipinski definition) is 7. The minimum Gasteiger partial charge on any atom is -0.493 e. The van der Waals surface area contributed by atoms with Crippen LogP contribution in [0.1, 0.15) is 17.0 Å². The normalized spacial score (nSPS) is 10.4. The first-order chi connectivity index (χ1) is 14.1. The topological polar surface area (TPSA) is 77.3 Å². The standard InChI is InChI=1S/C21H28N6O2.2ClH/c1-16-5-8-18(9-6-16)27-21(23-24-25-27)15-29-19-10-7-17(13-20(19)28-4)14-22-11-12-26(2)3;;/h5-10,13,22H,11-12,14-15H2,1-4H3;2*1H. The number of rotatable bonds is 10. The summed E-state index contributed by atoms with van der Waals surface area (Å²) in [4.78, 5) is 2.15. The van der Waals surface area contributed by atoms with Gasteiger partial charge >= 0.3 is 0 Å². The molecule has 170 valence electrons. The summed E-state index contributed by atoms with van der Waals surface area (Å²) in [6.45, 7) is 4.97. The molecule has 0 fully saturated rings. The lowest BCUT2D eigenvalue weighted by Crippen LogP contribution is -2.26. The number of nitrogens with one attached hydrogen (secondary N) is 1. The van der Waals surface area contributed by atoms with E-state index >= 15 is 0 Å². The summed E-state index contributed by atoms with van der Waals surface area (Å²) < 4.78 is 13.1. The van der Waals surface area contributed by atoms with Crippen molar-refractivity contribution in [1.82, 2.24) is 30.4 Å². The summed E-state index contributed by atoms with van der Waals surface area (Å²) in [6, 6.07) is 13.9. The second-order valence-electron chi connectivity index (χ2n) is 7.10. The first-order valence-corrected chi connectivity index (χ1v) is 9.56. The fourth-order valence-electron chi connectivity index (χ4n) is 2.80. The van der Waals surface area contributed by atoms with Crippen molar-refractivity contribution in [2.75, 3.05) is 34.3 Å². The van der Waals surface area contributed by atoms with Gasteiger partial charge in [0.05, 0.1) is 12.8 Å². The fraction of sp³-hybridized carbons (Fsp3) is 0.381. The molecule has 0 aliphatic heterocycles. The summed E-state index contributed by atoms with van der Waals surface area (Å²) in [6.07, 6.45) is 0. The number of likely N-dealkylation sites (N-methyl/N-ethyl adjacent to an activating group) is 1. The summed E-state index contributed by atoms with van der Waals surface area (Å²) in [5, 5.41) is 15.4. The van der Waals surface area contributed by atoms with E-state index in [-0.39, 0.29) is 31.4 Å². The van der Waals surface area contributed by atoms with Crippen molar-refractivity contribution in [2.24, 2.45) is 0 Å². The highest BCUT2D eigenvalue weighted by molar-refractivity contribution is 5.85. The Morgan fingerprint density at radius 2 is 1.77 bits per heavy atom. The van der Waals surface area contributed by atoms with Crippen LogP contribution in [0, 0.1) is 6.92 Å². The Balaban J connectivity index is 0.00000240. The molecule has 0 aliphatic rings. The summed E-state index contributed by atoms with van der Waals surface area (Å²) >= 11 is 0. The van der Waals surface area contributed by atoms with Crippen molar-refractivity contribution in [3.63, 3.8) is 0 Å². The van der Waals surface area contributed by atoms with E-state index in [1.165, 1.54) is 5.56 Å². The number of halogens is 2. The van der Waals surface area contributed by atoms with Crippen LogP contribution in [-0.2, 0) is 13.2 Å². The Hall–Kier alpha value is -2.39. The van der Waals surface area contributed by atoms with Gasteiger partial charge in [-0.2, -0.15) is 4.68 Å². The highest BCUT2D eigenvalue weighted by Crippen LogP contribution is 2.28. The van der Waals surface area contributed by atoms with Gasteiger partial charge < -0.3 is 19.7 Å². The van der Waals surface area contributed by atoms with Gasteiger partial charge in [0.1, 0.15) is 0 Å². The SMILES string of the molecule is COc1cc(CNCCN(C)C)ccc1OCc1nnnn1-c1ccc(C)cc1.Cl.Cl.